The number of aromatic carboxylic acids is 1. The van der Waals surface area contributed by atoms with Crippen LogP contribution in [0.1, 0.15) is 35.6 Å². The molecule has 3 N–H and O–H groups in total. The molecule has 2 aliphatic rings. The summed E-state index contributed by atoms with van der Waals surface area (Å²) in [7, 11) is 0. The molecule has 1 aromatic heterocycles. The first-order valence-corrected chi connectivity index (χ1v) is 6.93. The van der Waals surface area contributed by atoms with Gasteiger partial charge in [0.05, 0.1) is 6.54 Å². The fraction of sp³-hybridized carbons (Fsp3) is 0.643. The zero-order chi connectivity index (χ0) is 13.4. The van der Waals surface area contributed by atoms with Gasteiger partial charge in [0, 0.05) is 19.1 Å². The Morgan fingerprint density at radius 1 is 1.42 bits per heavy atom. The lowest BCUT2D eigenvalue weighted by molar-refractivity contribution is 0.0658. The molecule has 19 heavy (non-hydrogen) atoms. The molecule has 3 rings (SSSR count). The van der Waals surface area contributed by atoms with E-state index >= 15 is 0 Å². The van der Waals surface area contributed by atoms with Gasteiger partial charge in [0.1, 0.15) is 5.76 Å². The van der Waals surface area contributed by atoms with E-state index in [0.717, 1.165) is 25.3 Å². The van der Waals surface area contributed by atoms with Gasteiger partial charge in [0.15, 0.2) is 0 Å². The summed E-state index contributed by atoms with van der Waals surface area (Å²) in [6.07, 6.45) is 3.65. The molecule has 0 bridgehead atoms. The third-order valence-electron chi connectivity index (χ3n) is 4.48. The highest BCUT2D eigenvalue weighted by Gasteiger charge is 2.38. The molecule has 5 nitrogen and oxygen atoms in total. The number of nitrogens with two attached hydrogens (primary N) is 1. The number of hydrogen-bond acceptors (Lipinski definition) is 4. The van der Waals surface area contributed by atoms with E-state index in [-0.39, 0.29) is 5.76 Å². The SMILES string of the molecule is NC1CCCC2CN(Cc3ccc(C(=O)O)o3)CC12. The highest BCUT2D eigenvalue weighted by molar-refractivity contribution is 5.84. The van der Waals surface area contributed by atoms with Gasteiger partial charge in [-0.05, 0) is 36.8 Å². The van der Waals surface area contributed by atoms with Gasteiger partial charge in [0.2, 0.25) is 5.76 Å². The number of carboxylic acids is 1. The van der Waals surface area contributed by atoms with Crippen LogP contribution in [0.4, 0.5) is 0 Å². The fourth-order valence-electron chi connectivity index (χ4n) is 3.54. The molecule has 1 saturated heterocycles. The molecule has 3 atom stereocenters. The van der Waals surface area contributed by atoms with E-state index in [0.29, 0.717) is 24.4 Å². The van der Waals surface area contributed by atoms with Gasteiger partial charge in [-0.3, -0.25) is 4.90 Å². The lowest BCUT2D eigenvalue weighted by Crippen LogP contribution is -2.38. The van der Waals surface area contributed by atoms with Crippen LogP contribution < -0.4 is 5.73 Å². The Morgan fingerprint density at radius 2 is 2.26 bits per heavy atom. The minimum atomic E-state index is -1.01. The fourth-order valence-corrected chi connectivity index (χ4v) is 3.54. The Labute approximate surface area is 112 Å². The number of carbonyl (C=O) groups is 1. The maximum absolute atomic E-state index is 10.8. The van der Waals surface area contributed by atoms with Crippen LogP contribution in [0, 0.1) is 11.8 Å². The largest absolute Gasteiger partial charge is 0.475 e. The Bertz CT molecular complexity index is 471. The standard InChI is InChI=1S/C14H20N2O3/c15-12-3-1-2-9-6-16(8-11(9)12)7-10-4-5-13(19-10)14(17)18/h4-5,9,11-12H,1-3,6-8,15H2,(H,17,18). The number of carboxylic acid groups (broad SMARTS) is 1. The van der Waals surface area contributed by atoms with Crippen LogP contribution in [0.15, 0.2) is 16.5 Å². The third kappa shape index (κ3) is 2.53. The lowest BCUT2D eigenvalue weighted by atomic mass is 9.78. The van der Waals surface area contributed by atoms with Crippen LogP contribution in [0.3, 0.4) is 0 Å². The van der Waals surface area contributed by atoms with Gasteiger partial charge >= 0.3 is 5.97 Å². The first-order valence-electron chi connectivity index (χ1n) is 6.93. The summed E-state index contributed by atoms with van der Waals surface area (Å²) >= 11 is 0. The number of rotatable bonds is 3. The molecular formula is C14H20N2O3. The van der Waals surface area contributed by atoms with Gasteiger partial charge in [0.25, 0.3) is 0 Å². The second-order valence-electron chi connectivity index (χ2n) is 5.78. The van der Waals surface area contributed by atoms with E-state index in [4.69, 9.17) is 15.3 Å². The number of hydrogen-bond donors (Lipinski definition) is 2. The predicted molar refractivity (Wildman–Crippen MR) is 69.8 cm³/mol. The molecule has 0 amide bonds. The van der Waals surface area contributed by atoms with E-state index < -0.39 is 5.97 Å². The smallest absolute Gasteiger partial charge is 0.371 e. The number of nitrogens with zero attached hydrogens (tertiary/aromatic N) is 1. The maximum Gasteiger partial charge on any atom is 0.371 e. The van der Waals surface area contributed by atoms with Crippen molar-refractivity contribution < 1.29 is 14.3 Å². The summed E-state index contributed by atoms with van der Waals surface area (Å²) in [5.41, 5.74) is 6.19. The van der Waals surface area contributed by atoms with Gasteiger partial charge < -0.3 is 15.3 Å². The molecule has 104 valence electrons. The quantitative estimate of drug-likeness (QED) is 0.865. The Balaban J connectivity index is 1.63. The molecule has 3 unspecified atom stereocenters. The number of furan rings is 1. The Morgan fingerprint density at radius 3 is 2.95 bits per heavy atom. The zero-order valence-corrected chi connectivity index (χ0v) is 10.9. The van der Waals surface area contributed by atoms with Crippen LogP contribution >= 0.6 is 0 Å². The van der Waals surface area contributed by atoms with Crippen LogP contribution in [0.5, 0.6) is 0 Å². The van der Waals surface area contributed by atoms with E-state index in [1.165, 1.54) is 18.9 Å². The summed E-state index contributed by atoms with van der Waals surface area (Å²) in [5.74, 6) is 1.04. The van der Waals surface area contributed by atoms with E-state index in [1.807, 2.05) is 0 Å². The first kappa shape index (κ1) is 12.7. The molecule has 5 heteroatoms. The summed E-state index contributed by atoms with van der Waals surface area (Å²) in [4.78, 5) is 13.1. The molecule has 0 aromatic carbocycles. The number of fused-ring (bicyclic) bond motifs is 1. The first-order chi connectivity index (χ1) is 9.13. The van der Waals surface area contributed by atoms with Crippen molar-refractivity contribution in [3.8, 4) is 0 Å². The highest BCUT2D eigenvalue weighted by Crippen LogP contribution is 2.36. The predicted octanol–water partition coefficient (Wildman–Crippen LogP) is 1.54. The highest BCUT2D eigenvalue weighted by atomic mass is 16.4. The maximum atomic E-state index is 10.8. The second kappa shape index (κ2) is 4.98. The van der Waals surface area contributed by atoms with Gasteiger partial charge in [-0.2, -0.15) is 0 Å². The van der Waals surface area contributed by atoms with E-state index in [2.05, 4.69) is 4.90 Å². The molecule has 0 spiro atoms. The summed E-state index contributed by atoms with van der Waals surface area (Å²) in [6, 6.07) is 3.60. The van der Waals surface area contributed by atoms with Crippen LogP contribution in [-0.2, 0) is 6.54 Å². The zero-order valence-electron chi connectivity index (χ0n) is 10.9. The van der Waals surface area contributed by atoms with Crippen LogP contribution in [0.2, 0.25) is 0 Å². The Hall–Kier alpha value is -1.33. The molecule has 1 aliphatic carbocycles. The van der Waals surface area contributed by atoms with E-state index in [1.54, 1.807) is 6.07 Å². The second-order valence-corrected chi connectivity index (χ2v) is 5.78. The van der Waals surface area contributed by atoms with Crippen molar-refractivity contribution in [3.05, 3.63) is 23.7 Å². The van der Waals surface area contributed by atoms with Crippen LogP contribution in [0.25, 0.3) is 0 Å². The number of likely N-dealkylation sites (tertiary alicyclic amines) is 1. The average Bonchev–Trinajstić information content (AvgIpc) is 2.96. The van der Waals surface area contributed by atoms with Crippen molar-refractivity contribution in [1.82, 2.24) is 4.90 Å². The monoisotopic (exact) mass is 264 g/mol. The van der Waals surface area contributed by atoms with Crippen LogP contribution in [-0.4, -0.2) is 35.1 Å². The Kier molecular flexibility index (Phi) is 3.33. The minimum Gasteiger partial charge on any atom is -0.475 e. The van der Waals surface area contributed by atoms with Crippen molar-refractivity contribution in [2.24, 2.45) is 17.6 Å². The topological polar surface area (TPSA) is 79.7 Å². The molecule has 1 aliphatic heterocycles. The molecule has 2 heterocycles. The lowest BCUT2D eigenvalue weighted by Gasteiger charge is -2.29. The van der Waals surface area contributed by atoms with Crippen molar-refractivity contribution in [3.63, 3.8) is 0 Å². The van der Waals surface area contributed by atoms with Crippen molar-refractivity contribution >= 4 is 5.97 Å². The molecule has 1 aromatic rings. The molecule has 0 radical (unpaired) electrons. The van der Waals surface area contributed by atoms with Gasteiger partial charge in [-0.25, -0.2) is 4.79 Å². The molecule has 1 saturated carbocycles. The molecule has 2 fully saturated rings. The van der Waals surface area contributed by atoms with Crippen molar-refractivity contribution in [2.75, 3.05) is 13.1 Å². The van der Waals surface area contributed by atoms with E-state index in [9.17, 15) is 4.79 Å². The summed E-state index contributed by atoms with van der Waals surface area (Å²) in [6.45, 7) is 2.75. The minimum absolute atomic E-state index is 0.0170. The summed E-state index contributed by atoms with van der Waals surface area (Å²) < 4.78 is 5.31. The van der Waals surface area contributed by atoms with Gasteiger partial charge in [-0.1, -0.05) is 6.42 Å². The van der Waals surface area contributed by atoms with Crippen molar-refractivity contribution in [2.45, 2.75) is 31.8 Å². The normalized spacial score (nSPS) is 31.3. The van der Waals surface area contributed by atoms with Gasteiger partial charge in [-0.15, -0.1) is 0 Å². The average molecular weight is 264 g/mol. The summed E-state index contributed by atoms with van der Waals surface area (Å²) in [5, 5.41) is 8.84. The molecular weight excluding hydrogens is 244 g/mol. The third-order valence-corrected chi connectivity index (χ3v) is 4.48. The van der Waals surface area contributed by atoms with Crippen molar-refractivity contribution in [1.29, 1.82) is 0 Å².